The molecule has 0 unspecified atom stereocenters. The highest BCUT2D eigenvalue weighted by Crippen LogP contribution is 2.43. The zero-order valence-electron chi connectivity index (χ0n) is 10.4. The Morgan fingerprint density at radius 2 is 1.95 bits per heavy atom. The van der Waals surface area contributed by atoms with Gasteiger partial charge < -0.3 is 4.90 Å². The molecule has 0 radical (unpaired) electrons. The molecule has 0 saturated heterocycles. The summed E-state index contributed by atoms with van der Waals surface area (Å²) in [6, 6.07) is 9.22. The first kappa shape index (κ1) is 12.3. The molecule has 0 fully saturated rings. The third-order valence-corrected chi connectivity index (χ3v) is 5.78. The Kier molecular flexibility index (Phi) is 2.62. The van der Waals surface area contributed by atoms with Crippen LogP contribution in [0.5, 0.6) is 0 Å². The average molecular weight is 348 g/mol. The minimum atomic E-state index is -0.383. The van der Waals surface area contributed by atoms with Gasteiger partial charge in [0.15, 0.2) is 5.78 Å². The first-order valence-corrected chi connectivity index (χ1v) is 8.12. The number of carbonyl (C=O) groups is 2. The molecule has 5 heteroatoms. The van der Waals surface area contributed by atoms with E-state index in [1.807, 2.05) is 40.6 Å². The zero-order chi connectivity index (χ0) is 13.9. The van der Waals surface area contributed by atoms with E-state index in [1.165, 1.54) is 11.3 Å². The molecule has 3 nitrogen and oxygen atoms in total. The molecule has 3 heterocycles. The molecule has 1 amide bonds. The summed E-state index contributed by atoms with van der Waals surface area (Å²) in [6.45, 7) is 0.513. The number of thiophene rings is 1. The molecule has 2 aliphatic rings. The fourth-order valence-electron chi connectivity index (χ4n) is 3.01. The fraction of sp³-hybridized carbons (Fsp3) is 0.200. The minimum absolute atomic E-state index is 0.0177. The summed E-state index contributed by atoms with van der Waals surface area (Å²) in [5.41, 5.74) is 2.41. The lowest BCUT2D eigenvalue weighted by atomic mass is 9.99. The van der Waals surface area contributed by atoms with Crippen molar-refractivity contribution in [3.8, 4) is 0 Å². The predicted molar refractivity (Wildman–Crippen MR) is 80.4 cm³/mol. The second-order valence-electron chi connectivity index (χ2n) is 4.99. The van der Waals surface area contributed by atoms with Gasteiger partial charge in [0.05, 0.1) is 12.6 Å². The van der Waals surface area contributed by atoms with Gasteiger partial charge in [-0.05, 0) is 23.1 Å². The highest BCUT2D eigenvalue weighted by Gasteiger charge is 2.45. The van der Waals surface area contributed by atoms with Crippen LogP contribution < -0.4 is 0 Å². The molecule has 2 atom stereocenters. The summed E-state index contributed by atoms with van der Waals surface area (Å²) >= 11 is 5.06. The molecule has 4 rings (SSSR count). The number of fused-ring (bicyclic) bond motifs is 4. The maximum Gasteiger partial charge on any atom is 0.255 e. The first-order valence-electron chi connectivity index (χ1n) is 6.33. The molecule has 20 heavy (non-hydrogen) atoms. The third-order valence-electron chi connectivity index (χ3n) is 3.96. The lowest BCUT2D eigenvalue weighted by molar-refractivity contribution is 0.0708. The summed E-state index contributed by atoms with van der Waals surface area (Å²) in [6.07, 6.45) is 0. The summed E-state index contributed by atoms with van der Waals surface area (Å²) in [5.74, 6) is 0.0855. The zero-order valence-corrected chi connectivity index (χ0v) is 12.8. The largest absolute Gasteiger partial charge is 0.325 e. The van der Waals surface area contributed by atoms with E-state index in [4.69, 9.17) is 0 Å². The number of alkyl halides is 1. The Morgan fingerprint density at radius 3 is 2.80 bits per heavy atom. The average Bonchev–Trinajstić information content (AvgIpc) is 3.00. The van der Waals surface area contributed by atoms with Crippen LogP contribution in [0.15, 0.2) is 35.7 Å². The van der Waals surface area contributed by atoms with Crippen LogP contribution in [0.25, 0.3) is 0 Å². The van der Waals surface area contributed by atoms with Gasteiger partial charge in [-0.15, -0.1) is 11.3 Å². The van der Waals surface area contributed by atoms with Crippen LogP contribution >= 0.6 is 27.3 Å². The van der Waals surface area contributed by atoms with E-state index in [0.717, 1.165) is 21.6 Å². The Hall–Kier alpha value is -1.46. The monoisotopic (exact) mass is 347 g/mol. The first-order chi connectivity index (χ1) is 9.68. The number of nitrogens with zero attached hydrogens (tertiary/aromatic N) is 1. The van der Waals surface area contributed by atoms with Crippen molar-refractivity contribution in [1.82, 2.24) is 4.90 Å². The van der Waals surface area contributed by atoms with Crippen molar-refractivity contribution in [2.45, 2.75) is 17.4 Å². The molecule has 0 bridgehead atoms. The number of Topliss-reactive ketones (excluding diaryl/α,β-unsaturated/α-hetero) is 1. The number of ketones is 1. The molecule has 0 spiro atoms. The highest BCUT2D eigenvalue weighted by molar-refractivity contribution is 9.10. The van der Waals surface area contributed by atoms with Gasteiger partial charge in [0.2, 0.25) is 0 Å². The normalized spacial score (nSPS) is 24.1. The van der Waals surface area contributed by atoms with Crippen LogP contribution in [0, 0.1) is 0 Å². The Labute approximate surface area is 128 Å². The van der Waals surface area contributed by atoms with Crippen LogP contribution in [0.4, 0.5) is 0 Å². The second kappa shape index (κ2) is 4.27. The number of halogens is 1. The van der Waals surface area contributed by atoms with Gasteiger partial charge >= 0.3 is 0 Å². The van der Waals surface area contributed by atoms with Gasteiger partial charge in [0.25, 0.3) is 5.91 Å². The summed E-state index contributed by atoms with van der Waals surface area (Å²) in [7, 11) is 0. The molecule has 2 aliphatic heterocycles. The van der Waals surface area contributed by atoms with Crippen molar-refractivity contribution in [2.24, 2.45) is 0 Å². The predicted octanol–water partition coefficient (Wildman–Crippen LogP) is 3.41. The van der Waals surface area contributed by atoms with E-state index >= 15 is 0 Å². The van der Waals surface area contributed by atoms with E-state index in [-0.39, 0.29) is 22.6 Å². The van der Waals surface area contributed by atoms with Gasteiger partial charge in [-0.1, -0.05) is 34.1 Å². The van der Waals surface area contributed by atoms with Crippen molar-refractivity contribution in [3.05, 3.63) is 57.3 Å². The van der Waals surface area contributed by atoms with Gasteiger partial charge in [-0.2, -0.15) is 0 Å². The summed E-state index contributed by atoms with van der Waals surface area (Å²) < 4.78 is 0. The van der Waals surface area contributed by atoms with Crippen LogP contribution in [0.3, 0.4) is 0 Å². The maximum absolute atomic E-state index is 12.6. The number of hydrogen-bond acceptors (Lipinski definition) is 3. The van der Waals surface area contributed by atoms with E-state index in [2.05, 4.69) is 15.9 Å². The van der Waals surface area contributed by atoms with Gasteiger partial charge in [-0.25, -0.2) is 0 Å². The van der Waals surface area contributed by atoms with Crippen LogP contribution in [0.1, 0.15) is 37.2 Å². The SMILES string of the molecule is O=C1c2ccsc2CN2C(=O)c3ccccc3[C@@H]2[C@@H]1Br. The van der Waals surface area contributed by atoms with E-state index in [1.54, 1.807) is 0 Å². The molecule has 100 valence electrons. The molecular weight excluding hydrogens is 338 g/mol. The molecule has 0 N–H and O–H groups in total. The quantitative estimate of drug-likeness (QED) is 0.685. The number of hydrogen-bond donors (Lipinski definition) is 0. The maximum atomic E-state index is 12.6. The van der Waals surface area contributed by atoms with Crippen molar-refractivity contribution in [2.75, 3.05) is 0 Å². The Balaban J connectivity index is 1.91. The Morgan fingerprint density at radius 1 is 1.15 bits per heavy atom. The smallest absolute Gasteiger partial charge is 0.255 e. The number of carbonyl (C=O) groups excluding carboxylic acids is 2. The van der Waals surface area contributed by atoms with Crippen LogP contribution in [-0.2, 0) is 6.54 Å². The van der Waals surface area contributed by atoms with Gasteiger partial charge in [0, 0.05) is 16.0 Å². The second-order valence-corrected chi connectivity index (χ2v) is 6.98. The lowest BCUT2D eigenvalue weighted by Gasteiger charge is -2.25. The molecule has 2 aromatic rings. The third kappa shape index (κ3) is 1.50. The molecule has 1 aromatic carbocycles. The summed E-state index contributed by atoms with van der Waals surface area (Å²) in [4.78, 5) is 27.5. The minimum Gasteiger partial charge on any atom is -0.325 e. The molecule has 1 aromatic heterocycles. The van der Waals surface area contributed by atoms with Crippen molar-refractivity contribution >= 4 is 39.0 Å². The highest BCUT2D eigenvalue weighted by atomic mass is 79.9. The molecule has 0 aliphatic carbocycles. The van der Waals surface area contributed by atoms with Crippen molar-refractivity contribution in [3.63, 3.8) is 0 Å². The van der Waals surface area contributed by atoms with Crippen molar-refractivity contribution in [1.29, 1.82) is 0 Å². The van der Waals surface area contributed by atoms with Gasteiger partial charge in [0.1, 0.15) is 4.83 Å². The number of benzene rings is 1. The van der Waals surface area contributed by atoms with Crippen LogP contribution in [-0.4, -0.2) is 21.4 Å². The van der Waals surface area contributed by atoms with E-state index < -0.39 is 0 Å². The van der Waals surface area contributed by atoms with Crippen molar-refractivity contribution < 1.29 is 9.59 Å². The van der Waals surface area contributed by atoms with Gasteiger partial charge in [-0.3, -0.25) is 9.59 Å². The molecule has 0 saturated carbocycles. The fourth-order valence-corrected chi connectivity index (χ4v) is 4.71. The number of amides is 1. The van der Waals surface area contributed by atoms with E-state index in [9.17, 15) is 9.59 Å². The number of rotatable bonds is 0. The standard InChI is InChI=1S/C15H10BrNO2S/c16-12-13-8-3-1-2-4-9(8)15(19)17(13)7-11-10(14(12)18)5-6-20-11/h1-6,12-13H,7H2/t12-,13+/m0/s1. The lowest BCUT2D eigenvalue weighted by Crippen LogP contribution is -2.32. The van der Waals surface area contributed by atoms with E-state index in [0.29, 0.717) is 6.54 Å². The topological polar surface area (TPSA) is 37.4 Å². The summed E-state index contributed by atoms with van der Waals surface area (Å²) in [5, 5.41) is 1.91. The Bertz CT molecular complexity index is 739. The van der Waals surface area contributed by atoms with Crippen LogP contribution in [0.2, 0.25) is 0 Å². The molecular formula is C15H10BrNO2S.